The van der Waals surface area contributed by atoms with Gasteiger partial charge in [-0.15, -0.1) is 22.9 Å². The van der Waals surface area contributed by atoms with E-state index in [2.05, 4.69) is 24.0 Å². The average molecular weight is 321 g/mol. The van der Waals surface area contributed by atoms with Crippen LogP contribution < -0.4 is 4.74 Å². The van der Waals surface area contributed by atoms with E-state index in [0.29, 0.717) is 11.8 Å². The van der Waals surface area contributed by atoms with Gasteiger partial charge < -0.3 is 4.74 Å². The molecule has 0 saturated heterocycles. The molecule has 0 unspecified atom stereocenters. The molecule has 0 aliphatic heterocycles. The van der Waals surface area contributed by atoms with E-state index in [1.54, 1.807) is 11.3 Å². The highest BCUT2D eigenvalue weighted by molar-refractivity contribution is 7.15. The number of aromatic nitrogens is 2. The predicted octanol–water partition coefficient (Wildman–Crippen LogP) is 5.27. The van der Waals surface area contributed by atoms with Crippen LogP contribution in [0.4, 0.5) is 0 Å². The minimum atomic E-state index is 0.377. The fourth-order valence-corrected chi connectivity index (χ4v) is 3.20. The molecule has 0 radical (unpaired) electrons. The lowest BCUT2D eigenvalue weighted by molar-refractivity contribution is 0.461. The zero-order valence-corrected chi connectivity index (χ0v) is 13.5. The summed E-state index contributed by atoms with van der Waals surface area (Å²) in [7, 11) is 0. The molecule has 0 N–H and O–H groups in total. The molecule has 3 aromatic rings. The third-order valence-corrected chi connectivity index (χ3v) is 4.42. The number of rotatable bonds is 6. The molecule has 2 aromatic heterocycles. The van der Waals surface area contributed by atoms with Crippen LogP contribution in [0.25, 0.3) is 4.96 Å². The van der Waals surface area contributed by atoms with Gasteiger partial charge in [-0.2, -0.15) is 4.98 Å². The predicted molar refractivity (Wildman–Crippen MR) is 87.8 cm³/mol. The lowest BCUT2D eigenvalue weighted by Gasteiger charge is -2.06. The molecule has 0 spiro atoms. The molecular formula is C16H17ClN2OS. The Morgan fingerprint density at radius 1 is 1.29 bits per heavy atom. The molecule has 0 aliphatic carbocycles. The highest BCUT2D eigenvalue weighted by atomic mass is 35.5. The average Bonchev–Trinajstić information content (AvgIpc) is 3.07. The Kier molecular flexibility index (Phi) is 4.46. The highest BCUT2D eigenvalue weighted by Crippen LogP contribution is 2.29. The van der Waals surface area contributed by atoms with Gasteiger partial charge in [0.05, 0.1) is 5.88 Å². The number of imidazole rings is 1. The van der Waals surface area contributed by atoms with E-state index in [1.165, 1.54) is 18.4 Å². The van der Waals surface area contributed by atoms with Crippen molar-refractivity contribution in [2.45, 2.75) is 32.1 Å². The molecule has 2 heterocycles. The van der Waals surface area contributed by atoms with Gasteiger partial charge in [-0.25, -0.2) is 0 Å². The second-order valence-corrected chi connectivity index (χ2v) is 6.04. The fraction of sp³-hybridized carbons (Fsp3) is 0.312. The molecule has 21 heavy (non-hydrogen) atoms. The van der Waals surface area contributed by atoms with E-state index >= 15 is 0 Å². The molecule has 0 bridgehead atoms. The second-order valence-electron chi connectivity index (χ2n) is 4.90. The fourth-order valence-electron chi connectivity index (χ4n) is 2.23. The van der Waals surface area contributed by atoms with E-state index in [1.807, 2.05) is 28.1 Å². The molecule has 110 valence electrons. The summed E-state index contributed by atoms with van der Waals surface area (Å²) in [5, 5.41) is 1.99. The number of ether oxygens (including phenoxy) is 1. The van der Waals surface area contributed by atoms with Crippen molar-refractivity contribution in [3.63, 3.8) is 0 Å². The number of fused-ring (bicyclic) bond motifs is 1. The largest absolute Gasteiger partial charge is 0.437 e. The molecule has 0 fully saturated rings. The highest BCUT2D eigenvalue weighted by Gasteiger charge is 2.14. The van der Waals surface area contributed by atoms with Crippen molar-refractivity contribution in [2.24, 2.45) is 0 Å². The van der Waals surface area contributed by atoms with Gasteiger partial charge >= 0.3 is 0 Å². The van der Waals surface area contributed by atoms with Gasteiger partial charge in [0, 0.05) is 11.6 Å². The Morgan fingerprint density at radius 2 is 2.10 bits per heavy atom. The summed E-state index contributed by atoms with van der Waals surface area (Å²) in [6.45, 7) is 2.20. The van der Waals surface area contributed by atoms with Crippen LogP contribution in [0.1, 0.15) is 31.0 Å². The van der Waals surface area contributed by atoms with E-state index in [-0.39, 0.29) is 0 Å². The van der Waals surface area contributed by atoms with Crippen LogP contribution in [0.2, 0.25) is 0 Å². The van der Waals surface area contributed by atoms with Crippen molar-refractivity contribution >= 4 is 27.9 Å². The Hall–Kier alpha value is -1.52. The Labute approximate surface area is 133 Å². The number of halogens is 1. The van der Waals surface area contributed by atoms with Crippen molar-refractivity contribution in [1.29, 1.82) is 0 Å². The maximum Gasteiger partial charge on any atom is 0.243 e. The van der Waals surface area contributed by atoms with Crippen molar-refractivity contribution in [1.82, 2.24) is 9.38 Å². The molecular weight excluding hydrogens is 304 g/mol. The second kappa shape index (κ2) is 6.50. The number of aryl methyl sites for hydroxylation is 1. The van der Waals surface area contributed by atoms with Crippen LogP contribution in [-0.2, 0) is 12.3 Å². The van der Waals surface area contributed by atoms with Gasteiger partial charge in [0.25, 0.3) is 0 Å². The third-order valence-electron chi connectivity index (χ3n) is 3.41. The summed E-state index contributed by atoms with van der Waals surface area (Å²) in [6.07, 6.45) is 5.51. The molecule has 3 rings (SSSR count). The number of hydrogen-bond acceptors (Lipinski definition) is 3. The summed E-state index contributed by atoms with van der Waals surface area (Å²) < 4.78 is 7.87. The zero-order chi connectivity index (χ0) is 14.7. The molecule has 1 aromatic carbocycles. The molecule has 0 amide bonds. The number of unbranched alkanes of at least 4 members (excludes halogenated alkanes) is 1. The number of benzene rings is 1. The Morgan fingerprint density at radius 3 is 2.81 bits per heavy atom. The molecule has 5 heteroatoms. The monoisotopic (exact) mass is 320 g/mol. The lowest BCUT2D eigenvalue weighted by Crippen LogP contribution is -1.91. The number of hydrogen-bond donors (Lipinski definition) is 0. The molecule has 0 aliphatic rings. The topological polar surface area (TPSA) is 26.5 Å². The first kappa shape index (κ1) is 14.4. The maximum atomic E-state index is 6.02. The van der Waals surface area contributed by atoms with Gasteiger partial charge in [-0.05, 0) is 30.5 Å². The smallest absolute Gasteiger partial charge is 0.243 e. The van der Waals surface area contributed by atoms with Crippen LogP contribution in [-0.4, -0.2) is 9.38 Å². The summed E-state index contributed by atoms with van der Waals surface area (Å²) in [5.41, 5.74) is 2.23. The lowest BCUT2D eigenvalue weighted by atomic mass is 10.1. The molecule has 3 nitrogen and oxygen atoms in total. The summed E-state index contributed by atoms with van der Waals surface area (Å²) in [6, 6.07) is 8.22. The van der Waals surface area contributed by atoms with E-state index in [4.69, 9.17) is 16.3 Å². The van der Waals surface area contributed by atoms with Gasteiger partial charge in [0.1, 0.15) is 11.4 Å². The zero-order valence-electron chi connectivity index (χ0n) is 11.9. The standard InChI is InChI=1S/C16H17ClN2OS/c1-2-3-4-12-5-7-13(8-6-12)20-15-14(11-17)19-9-10-21-16(19)18-15/h5-10H,2-4,11H2,1H3. The van der Waals surface area contributed by atoms with E-state index in [0.717, 1.165) is 22.8 Å². The molecule has 0 atom stereocenters. The summed E-state index contributed by atoms with van der Waals surface area (Å²) in [4.78, 5) is 5.39. The van der Waals surface area contributed by atoms with Crippen LogP contribution in [0.15, 0.2) is 35.8 Å². The van der Waals surface area contributed by atoms with Gasteiger partial charge in [-0.1, -0.05) is 25.5 Å². The number of alkyl halides is 1. The first-order valence-electron chi connectivity index (χ1n) is 7.09. The maximum absolute atomic E-state index is 6.02. The minimum Gasteiger partial charge on any atom is -0.437 e. The number of thiazole rings is 1. The van der Waals surface area contributed by atoms with Crippen molar-refractivity contribution in [3.8, 4) is 11.6 Å². The van der Waals surface area contributed by atoms with Crippen molar-refractivity contribution in [2.75, 3.05) is 0 Å². The minimum absolute atomic E-state index is 0.377. The third kappa shape index (κ3) is 3.06. The van der Waals surface area contributed by atoms with Crippen LogP contribution in [0.3, 0.4) is 0 Å². The first-order chi connectivity index (χ1) is 10.3. The SMILES string of the molecule is CCCCc1ccc(Oc2nc3sccn3c2CCl)cc1. The van der Waals surface area contributed by atoms with E-state index in [9.17, 15) is 0 Å². The van der Waals surface area contributed by atoms with E-state index < -0.39 is 0 Å². The van der Waals surface area contributed by atoms with Gasteiger partial charge in [-0.3, -0.25) is 4.40 Å². The normalized spacial score (nSPS) is 11.1. The van der Waals surface area contributed by atoms with Crippen LogP contribution in [0, 0.1) is 0 Å². The Bertz CT molecular complexity index is 718. The van der Waals surface area contributed by atoms with Gasteiger partial charge in [0.15, 0.2) is 4.96 Å². The number of nitrogens with zero attached hydrogens (tertiary/aromatic N) is 2. The van der Waals surface area contributed by atoms with Crippen molar-refractivity contribution < 1.29 is 4.74 Å². The quantitative estimate of drug-likeness (QED) is 0.578. The van der Waals surface area contributed by atoms with Crippen molar-refractivity contribution in [3.05, 3.63) is 47.1 Å². The van der Waals surface area contributed by atoms with Crippen LogP contribution >= 0.6 is 22.9 Å². The summed E-state index contributed by atoms with van der Waals surface area (Å²) in [5.74, 6) is 1.77. The first-order valence-corrected chi connectivity index (χ1v) is 8.50. The van der Waals surface area contributed by atoms with Crippen LogP contribution in [0.5, 0.6) is 11.6 Å². The van der Waals surface area contributed by atoms with Gasteiger partial charge in [0.2, 0.25) is 5.88 Å². The Balaban J connectivity index is 1.79. The summed E-state index contributed by atoms with van der Waals surface area (Å²) >= 11 is 7.59. The molecule has 0 saturated carbocycles.